The Kier molecular flexibility index (Phi) is 40.7. The lowest BCUT2D eigenvalue weighted by Crippen LogP contribution is -2.42. The number of aldehydes is 1. The molecule has 1 aromatic carbocycles. The van der Waals surface area contributed by atoms with Crippen LogP contribution in [0.25, 0.3) is 27.9 Å². The van der Waals surface area contributed by atoms with Gasteiger partial charge in [-0.3, -0.25) is 24.9 Å². The molecular formula is C75H131N7O5. The maximum Gasteiger partial charge on any atom is 0.238 e. The van der Waals surface area contributed by atoms with Crippen LogP contribution in [-0.2, 0) is 36.9 Å². The van der Waals surface area contributed by atoms with Crippen molar-refractivity contribution < 1.29 is 23.9 Å². The molecule has 87 heavy (non-hydrogen) atoms. The van der Waals surface area contributed by atoms with Gasteiger partial charge in [0.1, 0.15) is 19.1 Å². The normalized spacial score (nSPS) is 18.4. The zero-order valence-corrected chi connectivity index (χ0v) is 59.4. The molecule has 3 heterocycles. The lowest BCUT2D eigenvalue weighted by molar-refractivity contribution is -0.128. The topological polar surface area (TPSA) is 166 Å². The third kappa shape index (κ3) is 28.0. The third-order valence-corrected chi connectivity index (χ3v) is 18.6. The number of ether oxygens (including phenoxy) is 1. The zero-order chi connectivity index (χ0) is 65.7. The number of fused-ring (bicyclic) bond motifs is 1. The van der Waals surface area contributed by atoms with Gasteiger partial charge in [0.05, 0.1) is 29.2 Å². The first-order valence-electron chi connectivity index (χ1n) is 34.9. The first-order valence-corrected chi connectivity index (χ1v) is 34.9. The minimum Gasteiger partial charge on any atom is -0.375 e. The number of hydrogen-bond acceptors (Lipinski definition) is 9. The Labute approximate surface area is 533 Å². The largest absolute Gasteiger partial charge is 0.375 e. The maximum atomic E-state index is 13.0. The van der Waals surface area contributed by atoms with Crippen molar-refractivity contribution in [3.8, 4) is 11.3 Å². The third-order valence-electron chi connectivity index (χ3n) is 18.6. The van der Waals surface area contributed by atoms with E-state index in [1.807, 2.05) is 73.7 Å². The van der Waals surface area contributed by atoms with E-state index in [9.17, 15) is 14.4 Å². The quantitative estimate of drug-likeness (QED) is 0.0214. The van der Waals surface area contributed by atoms with Crippen LogP contribution in [0.3, 0.4) is 0 Å². The highest BCUT2D eigenvalue weighted by Gasteiger charge is 2.50. The molecule has 2 aromatic heterocycles. The van der Waals surface area contributed by atoms with Gasteiger partial charge in [0.25, 0.3) is 0 Å². The van der Waals surface area contributed by atoms with E-state index in [1.54, 1.807) is 7.11 Å². The second kappa shape index (κ2) is 44.0. The van der Waals surface area contributed by atoms with Crippen molar-refractivity contribution in [2.24, 2.45) is 45.4 Å². The summed E-state index contributed by atoms with van der Waals surface area (Å²) in [5, 5.41) is 13.8. The summed E-state index contributed by atoms with van der Waals surface area (Å²) >= 11 is 0. The molecule has 1 saturated heterocycles. The number of aliphatic imine (C=N–C) groups is 1. The van der Waals surface area contributed by atoms with E-state index >= 15 is 0 Å². The molecule has 4 N–H and O–H groups in total. The van der Waals surface area contributed by atoms with E-state index in [-0.39, 0.29) is 35.3 Å². The van der Waals surface area contributed by atoms with Gasteiger partial charge in [0.15, 0.2) is 0 Å². The Bertz CT molecular complexity index is 2430. The molecule has 0 spiro atoms. The fourth-order valence-electron chi connectivity index (χ4n) is 11.3. The fourth-order valence-corrected chi connectivity index (χ4v) is 11.3. The van der Waals surface area contributed by atoms with E-state index in [0.29, 0.717) is 30.2 Å². The van der Waals surface area contributed by atoms with E-state index in [4.69, 9.17) is 19.5 Å². The summed E-state index contributed by atoms with van der Waals surface area (Å²) in [5.41, 5.74) is 9.01. The monoisotopic (exact) mass is 1210 g/mol. The number of hydrogen-bond donors (Lipinski definition) is 4. The Morgan fingerprint density at radius 1 is 0.897 bits per heavy atom. The molecule has 7 rings (SSSR count). The Morgan fingerprint density at radius 3 is 2.07 bits per heavy atom. The van der Waals surface area contributed by atoms with Gasteiger partial charge < -0.3 is 34.8 Å². The van der Waals surface area contributed by atoms with Crippen LogP contribution < -0.4 is 21.3 Å². The smallest absolute Gasteiger partial charge is 0.238 e. The number of nitrogens with zero attached hydrogens (tertiary/aromatic N) is 3. The number of methoxy groups -OCH3 is 1. The molecule has 1 aliphatic heterocycles. The van der Waals surface area contributed by atoms with E-state index < -0.39 is 6.04 Å². The van der Waals surface area contributed by atoms with Gasteiger partial charge in [-0.15, -0.1) is 0 Å². The van der Waals surface area contributed by atoms with Crippen molar-refractivity contribution in [1.29, 1.82) is 0 Å². The fraction of sp³-hybridized carbons (Fsp3) is 0.733. The summed E-state index contributed by atoms with van der Waals surface area (Å²) in [4.78, 5) is 55.2. The van der Waals surface area contributed by atoms with Gasteiger partial charge in [0.2, 0.25) is 11.8 Å². The number of carbonyl (C=O) groups is 4. The van der Waals surface area contributed by atoms with Gasteiger partial charge in [-0.05, 0) is 156 Å². The molecule has 4 aliphatic rings. The highest BCUT2D eigenvalue weighted by atomic mass is 16.5. The Morgan fingerprint density at radius 2 is 1.55 bits per heavy atom. The SMILES string of the molecule is C/C=C(\N=C(CC)CC(C=O)NC(=O)C(C)C1CCCC1)c1ccc2c(c1)c(CC(C)(C)CC)c(-c1cccnc1C(C)OC)n2CC.C=O.CC.CC.CC1CC1.CCC(C)CCC[C@](C)(CC)CCNC(=O)[C@@H]1NC1C1CC1.CCCCCNC. The predicted octanol–water partition coefficient (Wildman–Crippen LogP) is 18.1. The van der Waals surface area contributed by atoms with Crippen LogP contribution in [-0.4, -0.2) is 85.5 Å². The van der Waals surface area contributed by atoms with Crippen molar-refractivity contribution in [2.75, 3.05) is 27.2 Å². The summed E-state index contributed by atoms with van der Waals surface area (Å²) < 4.78 is 8.19. The van der Waals surface area contributed by atoms with E-state index in [2.05, 4.69) is 133 Å². The number of amides is 2. The van der Waals surface area contributed by atoms with Crippen molar-refractivity contribution >= 4 is 47.2 Å². The number of aryl methyl sites for hydroxylation is 1. The molecule has 4 fully saturated rings. The number of aromatic nitrogens is 2. The van der Waals surface area contributed by atoms with Crippen LogP contribution >= 0.6 is 0 Å². The molecule has 7 atom stereocenters. The predicted molar refractivity (Wildman–Crippen MR) is 374 cm³/mol. The molecular weight excluding hydrogens is 1080 g/mol. The summed E-state index contributed by atoms with van der Waals surface area (Å²) in [6.07, 6.45) is 29.4. The molecule has 0 bridgehead atoms. The number of nitrogens with one attached hydrogen (secondary N) is 4. The van der Waals surface area contributed by atoms with Crippen molar-refractivity contribution in [1.82, 2.24) is 30.8 Å². The summed E-state index contributed by atoms with van der Waals surface area (Å²) in [6, 6.07) is 10.9. The second-order valence-corrected chi connectivity index (χ2v) is 25.9. The highest BCUT2D eigenvalue weighted by Crippen LogP contribution is 2.43. The van der Waals surface area contributed by atoms with Crippen LogP contribution in [0.5, 0.6) is 0 Å². The van der Waals surface area contributed by atoms with Crippen molar-refractivity contribution in [3.05, 3.63) is 59.4 Å². The number of unbranched alkanes of at least 4 members (excludes halogenated alkanes) is 2. The van der Waals surface area contributed by atoms with Crippen molar-refractivity contribution in [3.63, 3.8) is 0 Å². The molecule has 0 radical (unpaired) electrons. The minimum absolute atomic E-state index is 0.0263. The molecule has 12 nitrogen and oxygen atoms in total. The van der Waals surface area contributed by atoms with Gasteiger partial charge in [0, 0.05) is 72.5 Å². The second-order valence-electron chi connectivity index (χ2n) is 25.9. The summed E-state index contributed by atoms with van der Waals surface area (Å²) in [5.74, 6) is 3.25. The van der Waals surface area contributed by atoms with Crippen LogP contribution in [0, 0.1) is 40.4 Å². The van der Waals surface area contributed by atoms with Crippen LogP contribution in [0.15, 0.2) is 47.6 Å². The standard InChI is InChI=1S/C41H58N4O3.C19H36N2O.C6H15N.C4H8.2C2H6.CH2O/c1-10-31(24-32(26-46)44-40(47)27(5)29-17-14-15-18-29)43-36(11-2)30-20-21-37-34(23-30)35(25-41(7,8)12-3)39(45(37)13-4)33-19-16-22-42-38(33)28(6)48-9;1-5-14(3)8-7-11-19(4,6-2)12-13-20-18(22)17-16(21-17)15-9-10-15;1-3-4-5-6-7-2;1-4-2-3-4;3*1-2/h11,16,19-23,26-29,32H,10,12-15,17-18,24-25H2,1-9H3,(H,44,47);14-17,21H,5-13H2,1-4H3,(H,20,22);7H,3-6H2,1-2H3;4H,2-3H2,1H3;2*1-2H3;1H2/b36-11-,43-31?;;;;;;/t;14?,16?,17-,19+;;;;;/m.1...../s1. The Hall–Kier alpha value is -4.52. The zero-order valence-electron chi connectivity index (χ0n) is 59.4. The minimum atomic E-state index is -0.590. The van der Waals surface area contributed by atoms with Crippen molar-refractivity contribution in [2.45, 2.75) is 290 Å². The first-order chi connectivity index (χ1) is 41.8. The maximum absolute atomic E-state index is 13.0. The van der Waals surface area contributed by atoms with Gasteiger partial charge in [-0.1, -0.05) is 187 Å². The number of benzene rings is 1. The molecule has 12 heteroatoms. The molecule has 3 aliphatic carbocycles. The van der Waals surface area contributed by atoms with Crippen LogP contribution in [0.1, 0.15) is 276 Å². The number of allylic oxidation sites excluding steroid dienone is 1. The average Bonchev–Trinajstić information content (AvgIpc) is 1.73. The van der Waals surface area contributed by atoms with Crippen LogP contribution in [0.2, 0.25) is 0 Å². The summed E-state index contributed by atoms with van der Waals surface area (Å²) in [6.45, 7) is 43.9. The number of rotatable bonds is 31. The van der Waals surface area contributed by atoms with E-state index in [0.717, 1.165) is 97.5 Å². The lowest BCUT2D eigenvalue weighted by atomic mass is 9.78. The van der Waals surface area contributed by atoms with Gasteiger partial charge >= 0.3 is 0 Å². The molecule has 496 valence electrons. The first kappa shape index (κ1) is 80.5. The average molecular weight is 1210 g/mol. The highest BCUT2D eigenvalue weighted by molar-refractivity contribution is 5.97. The lowest BCUT2D eigenvalue weighted by Gasteiger charge is -2.29. The molecule has 3 aromatic rings. The number of pyridine rings is 1. The number of carbonyl (C=O) groups excluding carboxylic acids is 4. The molecule has 3 saturated carbocycles. The van der Waals surface area contributed by atoms with Gasteiger partial charge in [-0.25, -0.2) is 0 Å². The van der Waals surface area contributed by atoms with Crippen LogP contribution in [0.4, 0.5) is 0 Å². The summed E-state index contributed by atoms with van der Waals surface area (Å²) in [7, 11) is 3.73. The Balaban J connectivity index is 0.000000792. The van der Waals surface area contributed by atoms with Gasteiger partial charge in [-0.2, -0.15) is 0 Å². The van der Waals surface area contributed by atoms with E-state index in [1.165, 1.54) is 119 Å². The molecule has 5 unspecified atom stereocenters. The molecule has 2 amide bonds.